The molecule has 3 aromatic rings. The molecule has 0 fully saturated rings. The van der Waals surface area contributed by atoms with Gasteiger partial charge in [-0.2, -0.15) is 0 Å². The number of hydrogen-bond acceptors (Lipinski definition) is 3. The number of rotatable bonds is 3. The quantitative estimate of drug-likeness (QED) is 0.678. The molecule has 1 aliphatic carbocycles. The van der Waals surface area contributed by atoms with Crippen molar-refractivity contribution in [3.63, 3.8) is 0 Å². The summed E-state index contributed by atoms with van der Waals surface area (Å²) in [5.41, 5.74) is 5.05. The first-order valence-electron chi connectivity index (χ1n) is 7.97. The number of aryl methyl sites for hydroxylation is 2. The van der Waals surface area contributed by atoms with Crippen LogP contribution in [-0.4, -0.2) is 9.55 Å². The molecule has 2 aromatic heterocycles. The Hall–Kier alpha value is -2.20. The van der Waals surface area contributed by atoms with E-state index in [1.807, 2.05) is 0 Å². The summed E-state index contributed by atoms with van der Waals surface area (Å²) in [7, 11) is 0. The van der Waals surface area contributed by atoms with Crippen LogP contribution in [0.3, 0.4) is 0 Å². The Labute approximate surface area is 138 Å². The van der Waals surface area contributed by atoms with Gasteiger partial charge in [-0.3, -0.25) is 9.36 Å². The maximum atomic E-state index is 12.7. The molecule has 0 atom stereocenters. The van der Waals surface area contributed by atoms with Crippen molar-refractivity contribution >= 4 is 21.6 Å². The highest BCUT2D eigenvalue weighted by molar-refractivity contribution is 7.17. The highest BCUT2D eigenvalue weighted by Crippen LogP contribution is 2.33. The van der Waals surface area contributed by atoms with Crippen LogP contribution in [0.15, 0.2) is 47.4 Å². The monoisotopic (exact) mass is 322 g/mol. The average Bonchev–Trinajstić information content (AvgIpc) is 3.02. The normalized spacial score (nSPS) is 13.9. The summed E-state index contributed by atoms with van der Waals surface area (Å²) in [6.45, 7) is 4.20. The molecule has 0 radical (unpaired) electrons. The first-order chi connectivity index (χ1) is 11.3. The maximum absolute atomic E-state index is 12.7. The molecule has 0 amide bonds. The van der Waals surface area contributed by atoms with Crippen molar-refractivity contribution in [1.29, 1.82) is 0 Å². The Bertz CT molecular complexity index is 952. The van der Waals surface area contributed by atoms with Crippen LogP contribution >= 0.6 is 11.3 Å². The maximum Gasteiger partial charge on any atom is 0.262 e. The highest BCUT2D eigenvalue weighted by Gasteiger charge is 2.15. The Morgan fingerprint density at radius 1 is 1.26 bits per heavy atom. The van der Waals surface area contributed by atoms with Crippen LogP contribution in [-0.2, 0) is 19.4 Å². The molecular formula is C19H18N2OS. The van der Waals surface area contributed by atoms with Crippen LogP contribution in [0.1, 0.15) is 24.0 Å². The van der Waals surface area contributed by atoms with Gasteiger partial charge in [-0.1, -0.05) is 24.3 Å². The molecule has 2 heterocycles. The molecule has 0 saturated heterocycles. The minimum Gasteiger partial charge on any atom is -0.295 e. The molecule has 1 aromatic carbocycles. The van der Waals surface area contributed by atoms with E-state index in [1.54, 1.807) is 17.0 Å². The average molecular weight is 322 g/mol. The van der Waals surface area contributed by atoms with Crippen molar-refractivity contribution in [2.45, 2.75) is 32.2 Å². The third kappa shape index (κ3) is 2.43. The van der Waals surface area contributed by atoms with Crippen LogP contribution in [0.5, 0.6) is 0 Å². The summed E-state index contributed by atoms with van der Waals surface area (Å²) in [6, 6.07) is 6.64. The largest absolute Gasteiger partial charge is 0.295 e. The number of fused-ring (bicyclic) bond motifs is 2. The van der Waals surface area contributed by atoms with Gasteiger partial charge >= 0.3 is 0 Å². The van der Waals surface area contributed by atoms with Gasteiger partial charge in [0.1, 0.15) is 4.83 Å². The van der Waals surface area contributed by atoms with Crippen molar-refractivity contribution in [2.24, 2.45) is 0 Å². The lowest BCUT2D eigenvalue weighted by Gasteiger charge is -2.16. The smallest absolute Gasteiger partial charge is 0.262 e. The number of aromatic nitrogens is 2. The Kier molecular flexibility index (Phi) is 3.62. The van der Waals surface area contributed by atoms with Crippen molar-refractivity contribution in [3.05, 3.63) is 64.0 Å². The summed E-state index contributed by atoms with van der Waals surface area (Å²) >= 11 is 1.54. The zero-order valence-electron chi connectivity index (χ0n) is 12.9. The fourth-order valence-corrected chi connectivity index (χ4v) is 4.26. The van der Waals surface area contributed by atoms with Gasteiger partial charge in [-0.05, 0) is 42.4 Å². The molecule has 0 bridgehead atoms. The van der Waals surface area contributed by atoms with E-state index in [4.69, 9.17) is 0 Å². The van der Waals surface area contributed by atoms with Crippen LogP contribution in [0.25, 0.3) is 21.3 Å². The van der Waals surface area contributed by atoms with Gasteiger partial charge in [0, 0.05) is 17.5 Å². The molecule has 4 rings (SSSR count). The first kappa shape index (κ1) is 14.4. The van der Waals surface area contributed by atoms with Crippen molar-refractivity contribution in [1.82, 2.24) is 9.55 Å². The van der Waals surface area contributed by atoms with Crippen molar-refractivity contribution < 1.29 is 0 Å². The van der Waals surface area contributed by atoms with Crippen LogP contribution < -0.4 is 5.56 Å². The lowest BCUT2D eigenvalue weighted by Crippen LogP contribution is -2.19. The summed E-state index contributed by atoms with van der Waals surface area (Å²) in [5, 5.41) is 2.79. The minimum atomic E-state index is 0.0175. The predicted octanol–water partition coefficient (Wildman–Crippen LogP) is 4.19. The second-order valence-corrected chi connectivity index (χ2v) is 6.87. The second kappa shape index (κ2) is 5.78. The zero-order chi connectivity index (χ0) is 15.8. The number of nitrogens with zero attached hydrogens (tertiary/aromatic N) is 2. The van der Waals surface area contributed by atoms with E-state index < -0.39 is 0 Å². The minimum absolute atomic E-state index is 0.0175. The molecule has 0 saturated carbocycles. The standard InChI is InChI=1S/C19H18N2OS/c1-2-9-21-12-20-18-17(19(21)22)16(11-23-18)15-8-7-13-5-3-4-6-14(13)10-15/h2,7-8,10-12H,1,3-6,9H2. The summed E-state index contributed by atoms with van der Waals surface area (Å²) in [5.74, 6) is 0. The van der Waals surface area contributed by atoms with Gasteiger partial charge in [0.2, 0.25) is 0 Å². The Morgan fingerprint density at radius 3 is 2.91 bits per heavy atom. The van der Waals surface area contributed by atoms with Crippen LogP contribution in [0.2, 0.25) is 0 Å². The summed E-state index contributed by atoms with van der Waals surface area (Å²) in [6.07, 6.45) is 8.19. The molecule has 0 spiro atoms. The van der Waals surface area contributed by atoms with E-state index in [9.17, 15) is 4.79 Å². The summed E-state index contributed by atoms with van der Waals surface area (Å²) in [4.78, 5) is 18.0. The van der Waals surface area contributed by atoms with E-state index in [0.29, 0.717) is 6.54 Å². The second-order valence-electron chi connectivity index (χ2n) is 6.01. The first-order valence-corrected chi connectivity index (χ1v) is 8.85. The van der Waals surface area contributed by atoms with E-state index in [1.165, 1.54) is 41.7 Å². The van der Waals surface area contributed by atoms with Gasteiger partial charge in [0.05, 0.1) is 11.7 Å². The molecule has 1 aliphatic rings. The number of thiophene rings is 1. The molecule has 116 valence electrons. The van der Waals surface area contributed by atoms with E-state index >= 15 is 0 Å². The Morgan fingerprint density at radius 2 is 2.09 bits per heavy atom. The molecular weight excluding hydrogens is 304 g/mol. The zero-order valence-corrected chi connectivity index (χ0v) is 13.7. The number of hydrogen-bond donors (Lipinski definition) is 0. The predicted molar refractivity (Wildman–Crippen MR) is 96.2 cm³/mol. The molecule has 23 heavy (non-hydrogen) atoms. The molecule has 0 unspecified atom stereocenters. The van der Waals surface area contributed by atoms with Gasteiger partial charge in [0.25, 0.3) is 5.56 Å². The summed E-state index contributed by atoms with van der Waals surface area (Å²) < 4.78 is 1.62. The number of benzene rings is 1. The van der Waals surface area contributed by atoms with Crippen molar-refractivity contribution in [3.8, 4) is 11.1 Å². The molecule has 3 nitrogen and oxygen atoms in total. The topological polar surface area (TPSA) is 34.9 Å². The Balaban J connectivity index is 1.90. The van der Waals surface area contributed by atoms with Gasteiger partial charge in [-0.25, -0.2) is 4.98 Å². The fraction of sp³-hybridized carbons (Fsp3) is 0.263. The van der Waals surface area contributed by atoms with Gasteiger partial charge < -0.3 is 0 Å². The molecule has 0 aliphatic heterocycles. The number of allylic oxidation sites excluding steroid dienone is 1. The SMILES string of the molecule is C=CCn1cnc2scc(-c3ccc4c(c3)CCCC4)c2c1=O. The van der Waals surface area contributed by atoms with E-state index in [2.05, 4.69) is 35.1 Å². The van der Waals surface area contributed by atoms with Crippen molar-refractivity contribution in [2.75, 3.05) is 0 Å². The highest BCUT2D eigenvalue weighted by atomic mass is 32.1. The third-order valence-electron chi connectivity index (χ3n) is 4.55. The molecule has 0 N–H and O–H groups in total. The van der Waals surface area contributed by atoms with Gasteiger partial charge in [-0.15, -0.1) is 17.9 Å². The van der Waals surface area contributed by atoms with Gasteiger partial charge in [0.15, 0.2) is 0 Å². The van der Waals surface area contributed by atoms with Crippen LogP contribution in [0, 0.1) is 0 Å². The van der Waals surface area contributed by atoms with E-state index in [-0.39, 0.29) is 5.56 Å². The third-order valence-corrected chi connectivity index (χ3v) is 5.43. The molecule has 4 heteroatoms. The lowest BCUT2D eigenvalue weighted by molar-refractivity contribution is 0.686. The van der Waals surface area contributed by atoms with Crippen LogP contribution in [0.4, 0.5) is 0 Å². The fourth-order valence-electron chi connectivity index (χ4n) is 3.35. The lowest BCUT2D eigenvalue weighted by atomic mass is 9.89. The van der Waals surface area contributed by atoms with E-state index in [0.717, 1.165) is 27.8 Å².